The Labute approximate surface area is 149 Å². The van der Waals surface area contributed by atoms with Crippen molar-refractivity contribution < 1.29 is 24.5 Å². The Bertz CT molecular complexity index is 666. The molecule has 1 atom stereocenters. The van der Waals surface area contributed by atoms with E-state index in [1.165, 1.54) is 0 Å². The number of allylic oxidation sites excluding steroid dienone is 1. The Balaban J connectivity index is 2.40. The highest BCUT2D eigenvalue weighted by Gasteiger charge is 2.23. The number of ether oxygens (including phenoxy) is 1. The Hall–Kier alpha value is -1.82. The highest BCUT2D eigenvalue weighted by atomic mass is 79.9. The molecule has 0 unspecified atom stereocenters. The van der Waals surface area contributed by atoms with Crippen LogP contribution in [0.5, 0.6) is 11.5 Å². The van der Waals surface area contributed by atoms with Gasteiger partial charge in [-0.2, -0.15) is 0 Å². The first-order chi connectivity index (χ1) is 11.4. The molecular formula is C18H21BrO5. The monoisotopic (exact) mass is 396 g/mol. The predicted molar refractivity (Wildman–Crippen MR) is 94.1 cm³/mol. The van der Waals surface area contributed by atoms with Crippen LogP contribution in [0.25, 0.3) is 6.08 Å². The lowest BCUT2D eigenvalue weighted by atomic mass is 10.0. The number of benzene rings is 1. The van der Waals surface area contributed by atoms with Crippen LogP contribution in [-0.2, 0) is 9.53 Å². The van der Waals surface area contributed by atoms with Gasteiger partial charge in [0.05, 0.1) is 10.6 Å². The largest absolute Gasteiger partial charge is 0.507 e. The third kappa shape index (κ3) is 4.60. The summed E-state index contributed by atoms with van der Waals surface area (Å²) in [5.74, 6) is -0.914. The molecule has 0 aromatic heterocycles. The molecule has 0 fully saturated rings. The Morgan fingerprint density at radius 3 is 2.62 bits per heavy atom. The molecule has 0 bridgehead atoms. The minimum atomic E-state index is -0.649. The summed E-state index contributed by atoms with van der Waals surface area (Å²) in [6.45, 7) is 1.76. The molecule has 0 radical (unpaired) electrons. The van der Waals surface area contributed by atoms with Crippen LogP contribution in [0.3, 0.4) is 0 Å². The van der Waals surface area contributed by atoms with Gasteiger partial charge in [0.25, 0.3) is 0 Å². The van der Waals surface area contributed by atoms with Crippen LogP contribution in [0.4, 0.5) is 0 Å². The molecule has 0 saturated carbocycles. The number of rotatable bonds is 0. The molecular weight excluding hydrogens is 376 g/mol. The molecule has 1 aliphatic heterocycles. The third-order valence-electron chi connectivity index (χ3n) is 3.95. The molecule has 2 N–H and O–H groups in total. The minimum absolute atomic E-state index is 0.0240. The zero-order valence-corrected chi connectivity index (χ0v) is 15.1. The number of Topliss-reactive ketones (excluding diaryl/α,β-unsaturated/α-hetero) is 1. The van der Waals surface area contributed by atoms with Gasteiger partial charge in [-0.25, -0.2) is 4.79 Å². The van der Waals surface area contributed by atoms with Crippen molar-refractivity contribution in [1.82, 2.24) is 0 Å². The predicted octanol–water partition coefficient (Wildman–Crippen LogP) is 4.34. The van der Waals surface area contributed by atoms with Gasteiger partial charge >= 0.3 is 5.97 Å². The van der Waals surface area contributed by atoms with Gasteiger partial charge in [-0.1, -0.05) is 12.2 Å². The van der Waals surface area contributed by atoms with E-state index in [1.54, 1.807) is 13.0 Å². The van der Waals surface area contributed by atoms with Gasteiger partial charge in [0.1, 0.15) is 22.8 Å². The third-order valence-corrected chi connectivity index (χ3v) is 4.78. The fourth-order valence-electron chi connectivity index (χ4n) is 2.65. The van der Waals surface area contributed by atoms with Crippen molar-refractivity contribution >= 4 is 33.8 Å². The number of aromatic hydroxyl groups is 2. The molecule has 5 nitrogen and oxygen atoms in total. The van der Waals surface area contributed by atoms with Gasteiger partial charge in [0.2, 0.25) is 0 Å². The molecule has 6 heteroatoms. The van der Waals surface area contributed by atoms with Crippen molar-refractivity contribution in [3.63, 3.8) is 0 Å². The van der Waals surface area contributed by atoms with Crippen LogP contribution in [0.1, 0.15) is 61.4 Å². The average Bonchev–Trinajstić information content (AvgIpc) is 2.50. The maximum atomic E-state index is 12.4. The summed E-state index contributed by atoms with van der Waals surface area (Å²) in [7, 11) is 0. The number of hydrogen-bond donors (Lipinski definition) is 2. The molecule has 0 aliphatic carbocycles. The number of ketones is 1. The summed E-state index contributed by atoms with van der Waals surface area (Å²) in [6, 6.07) is 1.12. The molecule has 1 heterocycles. The maximum absolute atomic E-state index is 12.4. The standard InChI is InChI=1S/C18H21BrO5/c1-11-6-5-8-12(20)7-3-2-4-9-13-16(18(23)24-11)14(21)10-15(22)17(13)19/h4,9-11,21-22H,2-3,5-8H2,1H3/b9-4+/t11-/m0/s1. The lowest BCUT2D eigenvalue weighted by molar-refractivity contribution is -0.119. The zero-order valence-electron chi connectivity index (χ0n) is 13.5. The molecule has 0 amide bonds. The van der Waals surface area contributed by atoms with Gasteiger partial charge in [0.15, 0.2) is 0 Å². The Morgan fingerprint density at radius 1 is 1.17 bits per heavy atom. The normalized spacial score (nSPS) is 21.5. The SMILES string of the molecule is C[C@H]1CCCC(=O)CCC/C=C/c2c(Br)c(O)cc(O)c2C(=O)O1. The molecule has 130 valence electrons. The quantitative estimate of drug-likeness (QED) is 0.637. The molecule has 1 aromatic rings. The summed E-state index contributed by atoms with van der Waals surface area (Å²) in [5, 5.41) is 20.0. The zero-order chi connectivity index (χ0) is 17.7. The summed E-state index contributed by atoms with van der Waals surface area (Å²) < 4.78 is 5.70. The molecule has 0 saturated heterocycles. The smallest absolute Gasteiger partial charge is 0.342 e. The Kier molecular flexibility index (Phi) is 6.43. The number of halogens is 1. The Morgan fingerprint density at radius 2 is 1.88 bits per heavy atom. The van der Waals surface area contributed by atoms with Crippen molar-refractivity contribution in [2.24, 2.45) is 0 Å². The summed E-state index contributed by atoms with van der Waals surface area (Å²) in [4.78, 5) is 24.2. The summed E-state index contributed by atoms with van der Waals surface area (Å²) in [5.41, 5.74) is 0.393. The number of cyclic esters (lactones) is 1. The summed E-state index contributed by atoms with van der Waals surface area (Å²) >= 11 is 3.25. The second-order valence-corrected chi connectivity index (χ2v) is 6.75. The molecule has 2 rings (SSSR count). The van der Waals surface area contributed by atoms with Crippen LogP contribution < -0.4 is 0 Å². The van der Waals surface area contributed by atoms with Gasteiger partial charge in [-0.15, -0.1) is 0 Å². The van der Waals surface area contributed by atoms with E-state index in [4.69, 9.17) is 4.74 Å². The molecule has 24 heavy (non-hydrogen) atoms. The number of phenolic OH excluding ortho intramolecular Hbond substituents is 2. The van der Waals surface area contributed by atoms with Crippen LogP contribution >= 0.6 is 15.9 Å². The first-order valence-corrected chi connectivity index (χ1v) is 8.83. The van der Waals surface area contributed by atoms with E-state index in [0.29, 0.717) is 42.1 Å². The van der Waals surface area contributed by atoms with Crippen LogP contribution in [0.2, 0.25) is 0 Å². The topological polar surface area (TPSA) is 83.8 Å². The maximum Gasteiger partial charge on any atom is 0.342 e. The average molecular weight is 397 g/mol. The van der Waals surface area contributed by atoms with Crippen molar-refractivity contribution in [2.75, 3.05) is 0 Å². The van der Waals surface area contributed by atoms with E-state index in [9.17, 15) is 19.8 Å². The van der Waals surface area contributed by atoms with Gasteiger partial charge in [0, 0.05) is 24.5 Å². The molecule has 0 spiro atoms. The van der Waals surface area contributed by atoms with Crippen LogP contribution in [0.15, 0.2) is 16.6 Å². The summed E-state index contributed by atoms with van der Waals surface area (Å²) in [6.07, 6.45) is 6.78. The number of phenols is 2. The van der Waals surface area contributed by atoms with Crippen LogP contribution in [0, 0.1) is 0 Å². The van der Waals surface area contributed by atoms with Gasteiger partial charge in [-0.05, 0) is 48.5 Å². The first kappa shape index (κ1) is 18.5. The van der Waals surface area contributed by atoms with E-state index in [-0.39, 0.29) is 28.9 Å². The lowest BCUT2D eigenvalue weighted by Crippen LogP contribution is -2.17. The van der Waals surface area contributed by atoms with E-state index in [1.807, 2.05) is 6.08 Å². The van der Waals surface area contributed by atoms with E-state index in [2.05, 4.69) is 15.9 Å². The highest BCUT2D eigenvalue weighted by Crippen LogP contribution is 2.38. The highest BCUT2D eigenvalue weighted by molar-refractivity contribution is 9.10. The first-order valence-electron chi connectivity index (χ1n) is 8.03. The van der Waals surface area contributed by atoms with Gasteiger partial charge in [-0.3, -0.25) is 4.79 Å². The second-order valence-electron chi connectivity index (χ2n) is 5.96. The second kappa shape index (κ2) is 8.33. The fourth-order valence-corrected chi connectivity index (χ4v) is 3.10. The van der Waals surface area contributed by atoms with Crippen LogP contribution in [-0.4, -0.2) is 28.1 Å². The molecule has 1 aromatic carbocycles. The van der Waals surface area contributed by atoms with Crippen molar-refractivity contribution in [2.45, 2.75) is 51.6 Å². The van der Waals surface area contributed by atoms with Crippen molar-refractivity contribution in [3.8, 4) is 11.5 Å². The lowest BCUT2D eigenvalue weighted by Gasteiger charge is -2.16. The number of fused-ring (bicyclic) bond motifs is 1. The van der Waals surface area contributed by atoms with Crippen molar-refractivity contribution in [3.05, 3.63) is 27.7 Å². The minimum Gasteiger partial charge on any atom is -0.507 e. The van der Waals surface area contributed by atoms with E-state index in [0.717, 1.165) is 12.5 Å². The molecule has 1 aliphatic rings. The van der Waals surface area contributed by atoms with E-state index < -0.39 is 5.97 Å². The van der Waals surface area contributed by atoms with E-state index >= 15 is 0 Å². The van der Waals surface area contributed by atoms with Gasteiger partial charge < -0.3 is 14.9 Å². The number of carbonyl (C=O) groups excluding carboxylic acids is 2. The number of carbonyl (C=O) groups is 2. The fraction of sp³-hybridized carbons (Fsp3) is 0.444. The van der Waals surface area contributed by atoms with Crippen molar-refractivity contribution in [1.29, 1.82) is 0 Å². The number of esters is 1. The number of hydrogen-bond acceptors (Lipinski definition) is 5.